The van der Waals surface area contributed by atoms with Crippen molar-refractivity contribution >= 4 is 17.3 Å². The number of rotatable bonds is 3. The van der Waals surface area contributed by atoms with Crippen LogP contribution in [-0.4, -0.2) is 6.54 Å². The lowest BCUT2D eigenvalue weighted by molar-refractivity contribution is 0.627. The van der Waals surface area contributed by atoms with Crippen molar-refractivity contribution in [3.63, 3.8) is 0 Å². The minimum atomic E-state index is -0.211. The Hall–Kier alpha value is -1.02. The first kappa shape index (κ1) is 11.1. The molecule has 0 aliphatic heterocycles. The molecule has 0 saturated heterocycles. The van der Waals surface area contributed by atoms with Crippen molar-refractivity contribution < 1.29 is 4.39 Å². The van der Waals surface area contributed by atoms with Gasteiger partial charge in [0.15, 0.2) is 0 Å². The van der Waals surface area contributed by atoms with Crippen LogP contribution in [0.15, 0.2) is 29.3 Å². The smallest absolute Gasteiger partial charge is 0.123 e. The van der Waals surface area contributed by atoms with Crippen LogP contribution in [0.1, 0.15) is 12.5 Å². The van der Waals surface area contributed by atoms with Crippen molar-refractivity contribution in [2.24, 2.45) is 0 Å². The van der Waals surface area contributed by atoms with Crippen molar-refractivity contribution in [2.45, 2.75) is 13.8 Å². The zero-order valence-electron chi connectivity index (χ0n) is 8.27. The lowest BCUT2D eigenvalue weighted by Crippen LogP contribution is -2.03. The highest BCUT2D eigenvalue weighted by Gasteiger charge is 1.98. The number of nitrogens with one attached hydrogen (secondary N) is 1. The molecule has 0 atom stereocenters. The fourth-order valence-corrected chi connectivity index (χ4v) is 1.18. The molecule has 14 heavy (non-hydrogen) atoms. The van der Waals surface area contributed by atoms with E-state index >= 15 is 0 Å². The number of hydrogen-bond donors (Lipinski definition) is 1. The summed E-state index contributed by atoms with van der Waals surface area (Å²) in [6.45, 7) is 4.47. The summed E-state index contributed by atoms with van der Waals surface area (Å²) in [6, 6.07) is 4.67. The van der Waals surface area contributed by atoms with Gasteiger partial charge in [-0.3, -0.25) is 0 Å². The van der Waals surface area contributed by atoms with Gasteiger partial charge in [0.2, 0.25) is 0 Å². The highest BCUT2D eigenvalue weighted by atomic mass is 35.5. The van der Waals surface area contributed by atoms with Gasteiger partial charge in [-0.05, 0) is 43.2 Å². The molecule has 0 aliphatic carbocycles. The topological polar surface area (TPSA) is 12.0 Å². The summed E-state index contributed by atoms with van der Waals surface area (Å²) in [4.78, 5) is 0. The second-order valence-corrected chi connectivity index (χ2v) is 3.49. The first-order chi connectivity index (χ1) is 6.63. The third-order valence-electron chi connectivity index (χ3n) is 1.93. The molecule has 3 heteroatoms. The second-order valence-electron chi connectivity index (χ2n) is 3.27. The van der Waals surface area contributed by atoms with Crippen LogP contribution in [0.2, 0.25) is 0 Å². The summed E-state index contributed by atoms with van der Waals surface area (Å²) in [6.07, 6.45) is 0. The maximum atomic E-state index is 12.8. The number of halogens is 2. The zero-order chi connectivity index (χ0) is 10.6. The maximum Gasteiger partial charge on any atom is 0.123 e. The predicted molar refractivity (Wildman–Crippen MR) is 59.2 cm³/mol. The van der Waals surface area contributed by atoms with Crippen LogP contribution in [0.4, 0.5) is 10.1 Å². The molecule has 0 unspecified atom stereocenters. The van der Waals surface area contributed by atoms with E-state index in [0.29, 0.717) is 6.54 Å². The van der Waals surface area contributed by atoms with Gasteiger partial charge in [-0.15, -0.1) is 0 Å². The predicted octanol–water partition coefficient (Wildman–Crippen LogP) is 3.69. The van der Waals surface area contributed by atoms with Gasteiger partial charge in [0.05, 0.1) is 0 Å². The molecule has 1 N–H and O–H groups in total. The first-order valence-corrected chi connectivity index (χ1v) is 4.83. The molecule has 0 aromatic heterocycles. The maximum absolute atomic E-state index is 12.8. The molecule has 0 fully saturated rings. The largest absolute Gasteiger partial charge is 0.381 e. The van der Waals surface area contributed by atoms with E-state index in [9.17, 15) is 4.39 Å². The van der Waals surface area contributed by atoms with E-state index < -0.39 is 0 Å². The van der Waals surface area contributed by atoms with Gasteiger partial charge >= 0.3 is 0 Å². The Balaban J connectivity index is 2.68. The Kier molecular flexibility index (Phi) is 3.96. The molecule has 0 bridgehead atoms. The quantitative estimate of drug-likeness (QED) is 0.808. The fraction of sp³-hybridized carbons (Fsp3) is 0.273. The van der Waals surface area contributed by atoms with E-state index in [1.165, 1.54) is 17.7 Å². The number of anilines is 1. The third kappa shape index (κ3) is 3.04. The van der Waals surface area contributed by atoms with Gasteiger partial charge in [0, 0.05) is 17.8 Å². The standard InChI is InChI=1S/C11H13ClFN/c1-8(6-12)7-14-11-4-3-10(13)5-9(11)2/h3-6,14H,7H2,1-2H3/b8-6-. The number of aryl methyl sites for hydroxylation is 1. The first-order valence-electron chi connectivity index (χ1n) is 4.39. The van der Waals surface area contributed by atoms with Gasteiger partial charge in [-0.1, -0.05) is 11.6 Å². The lowest BCUT2D eigenvalue weighted by atomic mass is 10.2. The molecule has 76 valence electrons. The Labute approximate surface area is 88.6 Å². The van der Waals surface area contributed by atoms with Crippen molar-refractivity contribution in [3.8, 4) is 0 Å². The van der Waals surface area contributed by atoms with Crippen LogP contribution in [0, 0.1) is 12.7 Å². The SMILES string of the molecule is C/C(=C/Cl)CNc1ccc(F)cc1C. The van der Waals surface area contributed by atoms with Crippen LogP contribution in [0.3, 0.4) is 0 Å². The zero-order valence-corrected chi connectivity index (χ0v) is 9.03. The minimum Gasteiger partial charge on any atom is -0.381 e. The summed E-state index contributed by atoms with van der Waals surface area (Å²) < 4.78 is 12.8. The van der Waals surface area contributed by atoms with Gasteiger partial charge < -0.3 is 5.32 Å². The highest BCUT2D eigenvalue weighted by Crippen LogP contribution is 2.15. The molecule has 1 nitrogen and oxygen atoms in total. The summed E-state index contributed by atoms with van der Waals surface area (Å²) in [5, 5.41) is 3.17. The summed E-state index contributed by atoms with van der Waals surface area (Å²) in [7, 11) is 0. The van der Waals surface area contributed by atoms with E-state index in [1.54, 1.807) is 6.07 Å². The molecule has 1 aromatic carbocycles. The summed E-state index contributed by atoms with van der Waals surface area (Å²) in [5.41, 5.74) is 4.40. The van der Waals surface area contributed by atoms with Crippen LogP contribution >= 0.6 is 11.6 Å². The second kappa shape index (κ2) is 5.01. The van der Waals surface area contributed by atoms with Gasteiger partial charge in [-0.2, -0.15) is 0 Å². The van der Waals surface area contributed by atoms with Crippen LogP contribution in [0.5, 0.6) is 0 Å². The molecule has 0 spiro atoms. The number of benzene rings is 1. The molecule has 1 rings (SSSR count). The van der Waals surface area contributed by atoms with Crippen LogP contribution < -0.4 is 5.32 Å². The Morgan fingerprint density at radius 2 is 2.29 bits per heavy atom. The Morgan fingerprint density at radius 1 is 1.57 bits per heavy atom. The molecule has 0 radical (unpaired) electrons. The molecule has 0 aliphatic rings. The summed E-state index contributed by atoms with van der Waals surface area (Å²) in [5.74, 6) is -0.211. The Morgan fingerprint density at radius 3 is 2.86 bits per heavy atom. The average Bonchev–Trinajstić information content (AvgIpc) is 2.16. The van der Waals surface area contributed by atoms with E-state index in [4.69, 9.17) is 11.6 Å². The fourth-order valence-electron chi connectivity index (χ4n) is 1.10. The molecule has 1 aromatic rings. The van der Waals surface area contributed by atoms with Crippen molar-refractivity contribution in [3.05, 3.63) is 40.7 Å². The van der Waals surface area contributed by atoms with E-state index in [0.717, 1.165) is 16.8 Å². The van der Waals surface area contributed by atoms with Crippen molar-refractivity contribution in [1.29, 1.82) is 0 Å². The van der Waals surface area contributed by atoms with Crippen molar-refractivity contribution in [2.75, 3.05) is 11.9 Å². The molecular weight excluding hydrogens is 201 g/mol. The Bertz CT molecular complexity index is 347. The number of hydrogen-bond acceptors (Lipinski definition) is 1. The lowest BCUT2D eigenvalue weighted by Gasteiger charge is -2.09. The van der Waals surface area contributed by atoms with Gasteiger partial charge in [0.1, 0.15) is 5.82 Å². The normalized spacial score (nSPS) is 11.6. The van der Waals surface area contributed by atoms with Gasteiger partial charge in [0.25, 0.3) is 0 Å². The van der Waals surface area contributed by atoms with Gasteiger partial charge in [-0.25, -0.2) is 4.39 Å². The summed E-state index contributed by atoms with van der Waals surface area (Å²) >= 11 is 5.52. The van der Waals surface area contributed by atoms with E-state index in [-0.39, 0.29) is 5.82 Å². The molecule has 0 amide bonds. The molecule has 0 saturated carbocycles. The van der Waals surface area contributed by atoms with E-state index in [1.807, 2.05) is 13.8 Å². The van der Waals surface area contributed by atoms with Crippen LogP contribution in [0.25, 0.3) is 0 Å². The van der Waals surface area contributed by atoms with Crippen molar-refractivity contribution in [1.82, 2.24) is 0 Å². The molecular formula is C11H13ClFN. The third-order valence-corrected chi connectivity index (χ3v) is 2.30. The monoisotopic (exact) mass is 213 g/mol. The minimum absolute atomic E-state index is 0.211. The van der Waals surface area contributed by atoms with E-state index in [2.05, 4.69) is 5.32 Å². The van der Waals surface area contributed by atoms with Crippen LogP contribution in [-0.2, 0) is 0 Å². The molecule has 0 heterocycles. The highest BCUT2D eigenvalue weighted by molar-refractivity contribution is 6.25. The average molecular weight is 214 g/mol.